The molecule has 1 aromatic rings. The summed E-state index contributed by atoms with van der Waals surface area (Å²) in [4.78, 5) is 11.2. The molecule has 1 fully saturated rings. The Morgan fingerprint density at radius 3 is 2.60 bits per heavy atom. The minimum Gasteiger partial charge on any atom is -0.398 e. The van der Waals surface area contributed by atoms with E-state index >= 15 is 0 Å². The molecular formula is C12H16FN3O3S. The van der Waals surface area contributed by atoms with E-state index in [9.17, 15) is 17.6 Å². The molecule has 0 bridgehead atoms. The van der Waals surface area contributed by atoms with Gasteiger partial charge < -0.3 is 16.8 Å². The average molecular weight is 301 g/mol. The summed E-state index contributed by atoms with van der Waals surface area (Å²) >= 11 is 0. The van der Waals surface area contributed by atoms with Gasteiger partial charge >= 0.3 is 0 Å². The number of primary amides is 1. The second-order valence-corrected chi connectivity index (χ2v) is 7.50. The molecule has 2 rings (SSSR count). The second-order valence-electron chi connectivity index (χ2n) is 5.31. The van der Waals surface area contributed by atoms with E-state index in [0.717, 1.165) is 6.07 Å². The number of benzene rings is 1. The van der Waals surface area contributed by atoms with Crippen LogP contribution in [0.4, 0.5) is 15.8 Å². The first kappa shape index (κ1) is 14.6. The molecule has 0 saturated carbocycles. The number of nitrogens with one attached hydrogen (secondary N) is 1. The fourth-order valence-electron chi connectivity index (χ4n) is 2.33. The molecule has 5 N–H and O–H groups in total. The van der Waals surface area contributed by atoms with Crippen LogP contribution >= 0.6 is 0 Å². The van der Waals surface area contributed by atoms with Crippen LogP contribution in [0.3, 0.4) is 0 Å². The fraction of sp³-hybridized carbons (Fsp3) is 0.417. The van der Waals surface area contributed by atoms with Crippen molar-refractivity contribution in [2.75, 3.05) is 22.6 Å². The predicted octanol–water partition coefficient (Wildman–Crippen LogP) is 0.496. The summed E-state index contributed by atoms with van der Waals surface area (Å²) in [5.74, 6) is -1.46. The normalized spacial score (nSPS) is 24.5. The standard InChI is InChI=1S/C12H16FN3O3S/c1-12(2-3-20(18,19)6-12)16-10-4-7(11(15)17)9(14)5-8(10)13/h4-5,16H,2-3,6,14H2,1H3,(H2,15,17). The van der Waals surface area contributed by atoms with E-state index < -0.39 is 27.1 Å². The van der Waals surface area contributed by atoms with E-state index in [1.807, 2.05) is 0 Å². The van der Waals surface area contributed by atoms with Crippen LogP contribution in [0.25, 0.3) is 0 Å². The van der Waals surface area contributed by atoms with E-state index in [4.69, 9.17) is 11.5 Å². The Hall–Kier alpha value is -1.83. The maximum Gasteiger partial charge on any atom is 0.250 e. The number of rotatable bonds is 3. The van der Waals surface area contributed by atoms with Crippen LogP contribution in [0.1, 0.15) is 23.7 Å². The molecule has 0 aromatic heterocycles. The van der Waals surface area contributed by atoms with E-state index in [1.165, 1.54) is 6.07 Å². The molecule has 6 nitrogen and oxygen atoms in total. The number of nitrogen functional groups attached to an aromatic ring is 1. The molecule has 1 saturated heterocycles. The van der Waals surface area contributed by atoms with Crippen molar-refractivity contribution in [1.29, 1.82) is 0 Å². The summed E-state index contributed by atoms with van der Waals surface area (Å²) in [5, 5.41) is 2.85. The third kappa shape index (κ3) is 2.84. The van der Waals surface area contributed by atoms with E-state index in [2.05, 4.69) is 5.32 Å². The van der Waals surface area contributed by atoms with E-state index in [-0.39, 0.29) is 28.4 Å². The monoisotopic (exact) mass is 301 g/mol. The summed E-state index contributed by atoms with van der Waals surface area (Å²) in [6.07, 6.45) is 0.366. The second kappa shape index (κ2) is 4.62. The lowest BCUT2D eigenvalue weighted by molar-refractivity contribution is 0.100. The van der Waals surface area contributed by atoms with Crippen LogP contribution in [-0.2, 0) is 9.84 Å². The lowest BCUT2D eigenvalue weighted by Gasteiger charge is -2.26. The van der Waals surface area contributed by atoms with E-state index in [1.54, 1.807) is 6.92 Å². The first-order valence-corrected chi connectivity index (χ1v) is 7.81. The molecule has 8 heteroatoms. The molecule has 1 amide bonds. The minimum absolute atomic E-state index is 0.00152. The molecule has 1 aromatic carbocycles. The smallest absolute Gasteiger partial charge is 0.250 e. The highest BCUT2D eigenvalue weighted by molar-refractivity contribution is 7.91. The maximum atomic E-state index is 13.9. The van der Waals surface area contributed by atoms with Gasteiger partial charge in [-0.3, -0.25) is 4.79 Å². The van der Waals surface area contributed by atoms with Crippen LogP contribution in [0, 0.1) is 5.82 Å². The molecule has 1 aliphatic heterocycles. The van der Waals surface area contributed by atoms with Crippen molar-refractivity contribution in [2.24, 2.45) is 5.73 Å². The van der Waals surface area contributed by atoms with Crippen molar-refractivity contribution in [3.05, 3.63) is 23.5 Å². The number of sulfone groups is 1. The van der Waals surface area contributed by atoms with Gasteiger partial charge in [-0.15, -0.1) is 0 Å². The number of amides is 1. The number of hydrogen-bond donors (Lipinski definition) is 3. The Morgan fingerprint density at radius 1 is 1.45 bits per heavy atom. The highest BCUT2D eigenvalue weighted by Crippen LogP contribution is 2.30. The number of carbonyl (C=O) groups is 1. The molecule has 0 aliphatic carbocycles. The van der Waals surface area contributed by atoms with Gasteiger partial charge in [0.15, 0.2) is 9.84 Å². The highest BCUT2D eigenvalue weighted by Gasteiger charge is 2.38. The lowest BCUT2D eigenvalue weighted by Crippen LogP contribution is -2.36. The van der Waals surface area contributed by atoms with Crippen LogP contribution in [-0.4, -0.2) is 31.4 Å². The van der Waals surface area contributed by atoms with Gasteiger partial charge in [-0.25, -0.2) is 12.8 Å². The Morgan fingerprint density at radius 2 is 2.10 bits per heavy atom. The number of hydrogen-bond acceptors (Lipinski definition) is 5. The van der Waals surface area contributed by atoms with Crippen LogP contribution < -0.4 is 16.8 Å². The number of carbonyl (C=O) groups excluding carboxylic acids is 1. The highest BCUT2D eigenvalue weighted by atomic mass is 32.2. The van der Waals surface area contributed by atoms with Gasteiger partial charge in [0, 0.05) is 11.2 Å². The number of halogens is 1. The number of nitrogens with two attached hydrogens (primary N) is 2. The molecule has 1 aliphatic rings. The van der Waals surface area contributed by atoms with Crippen LogP contribution in [0.5, 0.6) is 0 Å². The summed E-state index contributed by atoms with van der Waals surface area (Å²) in [5.41, 5.74) is 9.86. The summed E-state index contributed by atoms with van der Waals surface area (Å²) < 4.78 is 36.9. The third-order valence-electron chi connectivity index (χ3n) is 3.34. The Kier molecular flexibility index (Phi) is 3.37. The maximum absolute atomic E-state index is 13.9. The van der Waals surface area contributed by atoms with Crippen molar-refractivity contribution >= 4 is 27.1 Å². The van der Waals surface area contributed by atoms with Crippen molar-refractivity contribution < 1.29 is 17.6 Å². The first-order valence-electron chi connectivity index (χ1n) is 5.99. The van der Waals surface area contributed by atoms with Crippen molar-refractivity contribution in [3.63, 3.8) is 0 Å². The topological polar surface area (TPSA) is 115 Å². The van der Waals surface area contributed by atoms with Gasteiger partial charge in [-0.2, -0.15) is 0 Å². The van der Waals surface area contributed by atoms with Crippen molar-refractivity contribution in [1.82, 2.24) is 0 Å². The summed E-state index contributed by atoms with van der Waals surface area (Å²) in [6, 6.07) is 2.21. The van der Waals surface area contributed by atoms with Gasteiger partial charge in [-0.05, 0) is 25.5 Å². The molecule has 1 atom stereocenters. The molecule has 20 heavy (non-hydrogen) atoms. The minimum atomic E-state index is -3.12. The number of anilines is 2. The third-order valence-corrected chi connectivity index (χ3v) is 5.25. The lowest BCUT2D eigenvalue weighted by atomic mass is 10.0. The molecular weight excluding hydrogens is 285 g/mol. The quantitative estimate of drug-likeness (QED) is 0.703. The summed E-state index contributed by atoms with van der Waals surface area (Å²) in [6.45, 7) is 1.69. The first-order chi connectivity index (χ1) is 9.12. The molecule has 0 spiro atoms. The molecule has 1 unspecified atom stereocenters. The zero-order valence-electron chi connectivity index (χ0n) is 10.9. The zero-order chi connectivity index (χ0) is 15.1. The van der Waals surface area contributed by atoms with Crippen LogP contribution in [0.15, 0.2) is 12.1 Å². The Balaban J connectivity index is 2.35. The van der Waals surface area contributed by atoms with Crippen molar-refractivity contribution in [3.8, 4) is 0 Å². The largest absolute Gasteiger partial charge is 0.398 e. The predicted molar refractivity (Wildman–Crippen MR) is 74.6 cm³/mol. The van der Waals surface area contributed by atoms with Crippen molar-refractivity contribution in [2.45, 2.75) is 18.9 Å². The fourth-order valence-corrected chi connectivity index (χ4v) is 4.43. The summed E-state index contributed by atoms with van der Waals surface area (Å²) in [7, 11) is -3.12. The van der Waals surface area contributed by atoms with Gasteiger partial charge in [-0.1, -0.05) is 0 Å². The Bertz CT molecular complexity index is 675. The van der Waals surface area contributed by atoms with Gasteiger partial charge in [0.1, 0.15) is 5.82 Å². The van der Waals surface area contributed by atoms with Gasteiger partial charge in [0.2, 0.25) is 0 Å². The molecule has 0 radical (unpaired) electrons. The Labute approximate surface area is 116 Å². The average Bonchev–Trinajstić information content (AvgIpc) is 2.56. The molecule has 110 valence electrons. The SMILES string of the molecule is CC1(Nc2cc(C(N)=O)c(N)cc2F)CCS(=O)(=O)C1. The van der Waals surface area contributed by atoms with Crippen LogP contribution in [0.2, 0.25) is 0 Å². The van der Waals surface area contributed by atoms with E-state index in [0.29, 0.717) is 6.42 Å². The molecule has 1 heterocycles. The zero-order valence-corrected chi connectivity index (χ0v) is 11.8. The van der Waals surface area contributed by atoms with Gasteiger partial charge in [0.25, 0.3) is 5.91 Å². The van der Waals surface area contributed by atoms with Gasteiger partial charge in [0.05, 0.1) is 22.8 Å².